The van der Waals surface area contributed by atoms with Crippen LogP contribution in [-0.4, -0.2) is 37.7 Å². The van der Waals surface area contributed by atoms with Crippen molar-refractivity contribution in [1.29, 1.82) is 0 Å². The summed E-state index contributed by atoms with van der Waals surface area (Å²) in [6, 6.07) is 7.59. The summed E-state index contributed by atoms with van der Waals surface area (Å²) in [4.78, 5) is 12.1. The van der Waals surface area contributed by atoms with Crippen LogP contribution in [0.5, 0.6) is 11.5 Å². The second kappa shape index (κ2) is 5.93. The quantitative estimate of drug-likeness (QED) is 0.849. The van der Waals surface area contributed by atoms with Crippen molar-refractivity contribution >= 4 is 5.91 Å². The molecule has 0 fully saturated rings. The van der Waals surface area contributed by atoms with E-state index in [2.05, 4.69) is 10.6 Å². The van der Waals surface area contributed by atoms with Gasteiger partial charge in [-0.25, -0.2) is 0 Å². The lowest BCUT2D eigenvalue weighted by molar-refractivity contribution is -0.133. The molecule has 0 saturated heterocycles. The molecule has 1 amide bonds. The van der Waals surface area contributed by atoms with E-state index in [0.29, 0.717) is 18.0 Å². The van der Waals surface area contributed by atoms with E-state index in [1.54, 1.807) is 6.07 Å². The number of fused-ring (bicyclic) bond motifs is 1. The molecule has 5 nitrogen and oxygen atoms in total. The van der Waals surface area contributed by atoms with Crippen LogP contribution >= 0.6 is 0 Å². The second-order valence-corrected chi connectivity index (χ2v) is 4.74. The van der Waals surface area contributed by atoms with Gasteiger partial charge in [0.2, 0.25) is 6.10 Å². The highest BCUT2D eigenvalue weighted by atomic mass is 16.6. The maximum Gasteiger partial charge on any atom is 0.265 e. The Morgan fingerprint density at radius 1 is 1.32 bits per heavy atom. The van der Waals surface area contributed by atoms with Crippen LogP contribution in [0.3, 0.4) is 0 Å². The number of carbonyl (C=O) groups is 1. The summed E-state index contributed by atoms with van der Waals surface area (Å²) in [5.41, 5.74) is 0. The van der Waals surface area contributed by atoms with Crippen molar-refractivity contribution in [2.75, 3.05) is 13.6 Å². The molecule has 1 aliphatic heterocycles. The number of hydrogen-bond donors (Lipinski definition) is 2. The van der Waals surface area contributed by atoms with Crippen molar-refractivity contribution in [1.82, 2.24) is 10.6 Å². The van der Waals surface area contributed by atoms with Crippen LogP contribution in [0.25, 0.3) is 0 Å². The molecule has 3 unspecified atom stereocenters. The van der Waals surface area contributed by atoms with Gasteiger partial charge in [0, 0.05) is 12.6 Å². The number of nitrogens with one attached hydrogen (secondary N) is 2. The molecule has 0 aliphatic carbocycles. The van der Waals surface area contributed by atoms with Crippen molar-refractivity contribution in [3.8, 4) is 11.5 Å². The van der Waals surface area contributed by atoms with Crippen molar-refractivity contribution in [3.05, 3.63) is 24.3 Å². The highest BCUT2D eigenvalue weighted by Gasteiger charge is 2.33. The van der Waals surface area contributed by atoms with Gasteiger partial charge in [-0.15, -0.1) is 0 Å². The van der Waals surface area contributed by atoms with Crippen LogP contribution < -0.4 is 20.1 Å². The first kappa shape index (κ1) is 13.7. The normalized spacial score (nSPS) is 22.7. The van der Waals surface area contributed by atoms with E-state index in [1.165, 1.54) is 0 Å². The maximum absolute atomic E-state index is 12.1. The maximum atomic E-state index is 12.1. The van der Waals surface area contributed by atoms with Gasteiger partial charge in [0.25, 0.3) is 5.91 Å². The summed E-state index contributed by atoms with van der Waals surface area (Å²) < 4.78 is 11.4. The van der Waals surface area contributed by atoms with Gasteiger partial charge >= 0.3 is 0 Å². The Bertz CT molecular complexity index is 450. The highest BCUT2D eigenvalue weighted by molar-refractivity contribution is 5.82. The third kappa shape index (κ3) is 3.17. The molecule has 1 aromatic rings. The molecule has 0 spiro atoms. The van der Waals surface area contributed by atoms with Gasteiger partial charge < -0.3 is 20.1 Å². The van der Waals surface area contributed by atoms with E-state index < -0.39 is 6.10 Å². The SMILES string of the molecule is CNC(C)CNC(=O)C1Oc2ccccc2OC1C. The first-order valence-corrected chi connectivity index (χ1v) is 6.49. The fourth-order valence-corrected chi connectivity index (χ4v) is 1.86. The lowest BCUT2D eigenvalue weighted by atomic mass is 10.1. The molecule has 1 aliphatic rings. The monoisotopic (exact) mass is 264 g/mol. The standard InChI is InChI=1S/C14H20N2O3/c1-9(15-3)8-16-14(17)13-10(2)18-11-6-4-5-7-12(11)19-13/h4-7,9-10,13,15H,8H2,1-3H3,(H,16,17). The van der Waals surface area contributed by atoms with Crippen molar-refractivity contribution in [2.45, 2.75) is 32.1 Å². The molecular weight excluding hydrogens is 244 g/mol. The average molecular weight is 264 g/mol. The number of para-hydroxylation sites is 2. The molecule has 0 aromatic heterocycles. The van der Waals surface area contributed by atoms with Gasteiger partial charge in [-0.05, 0) is 33.0 Å². The lowest BCUT2D eigenvalue weighted by Crippen LogP contribution is -2.51. The van der Waals surface area contributed by atoms with E-state index in [9.17, 15) is 4.79 Å². The zero-order valence-corrected chi connectivity index (χ0v) is 11.5. The molecule has 3 atom stereocenters. The van der Waals surface area contributed by atoms with Gasteiger partial charge in [0.15, 0.2) is 11.5 Å². The predicted molar refractivity (Wildman–Crippen MR) is 72.5 cm³/mol. The van der Waals surface area contributed by atoms with E-state index >= 15 is 0 Å². The molecular formula is C14H20N2O3. The number of carbonyl (C=O) groups excluding carboxylic acids is 1. The summed E-state index contributed by atoms with van der Waals surface area (Å²) >= 11 is 0. The van der Waals surface area contributed by atoms with E-state index in [4.69, 9.17) is 9.47 Å². The van der Waals surface area contributed by atoms with Crippen molar-refractivity contribution in [3.63, 3.8) is 0 Å². The molecule has 2 N–H and O–H groups in total. The zero-order valence-electron chi connectivity index (χ0n) is 11.5. The zero-order chi connectivity index (χ0) is 13.8. The van der Waals surface area contributed by atoms with Crippen molar-refractivity contribution in [2.24, 2.45) is 0 Å². The third-order valence-corrected chi connectivity index (χ3v) is 3.18. The first-order chi connectivity index (χ1) is 9.11. The number of ether oxygens (including phenoxy) is 2. The summed E-state index contributed by atoms with van der Waals surface area (Å²) in [5, 5.41) is 5.92. The Kier molecular flexibility index (Phi) is 4.27. The summed E-state index contributed by atoms with van der Waals surface area (Å²) in [7, 11) is 1.86. The average Bonchev–Trinajstić information content (AvgIpc) is 2.43. The van der Waals surface area contributed by atoms with E-state index in [0.717, 1.165) is 0 Å². The van der Waals surface area contributed by atoms with Crippen LogP contribution in [0, 0.1) is 0 Å². The first-order valence-electron chi connectivity index (χ1n) is 6.49. The number of benzene rings is 1. The van der Waals surface area contributed by atoms with Gasteiger partial charge in [-0.2, -0.15) is 0 Å². The summed E-state index contributed by atoms with van der Waals surface area (Å²) in [5.74, 6) is 1.15. The number of likely N-dealkylation sites (N-methyl/N-ethyl adjacent to an activating group) is 1. The molecule has 0 radical (unpaired) electrons. The minimum atomic E-state index is -0.612. The predicted octanol–water partition coefficient (Wildman–Crippen LogP) is 0.939. The Balaban J connectivity index is 2.00. The Morgan fingerprint density at radius 2 is 1.95 bits per heavy atom. The van der Waals surface area contributed by atoms with Gasteiger partial charge in [0.05, 0.1) is 0 Å². The van der Waals surface area contributed by atoms with Crippen LogP contribution in [0.4, 0.5) is 0 Å². The Labute approximate surface area is 113 Å². The summed E-state index contributed by atoms with van der Waals surface area (Å²) in [6.45, 7) is 4.39. The fourth-order valence-electron chi connectivity index (χ4n) is 1.86. The van der Waals surface area contributed by atoms with Crippen LogP contribution in [0.2, 0.25) is 0 Å². The molecule has 0 saturated carbocycles. The second-order valence-electron chi connectivity index (χ2n) is 4.74. The number of rotatable bonds is 4. The van der Waals surface area contributed by atoms with Crippen LogP contribution in [0.15, 0.2) is 24.3 Å². The van der Waals surface area contributed by atoms with Gasteiger partial charge in [-0.1, -0.05) is 12.1 Å². The molecule has 19 heavy (non-hydrogen) atoms. The molecule has 5 heteroatoms. The lowest BCUT2D eigenvalue weighted by Gasteiger charge is -2.31. The van der Waals surface area contributed by atoms with E-state index in [1.807, 2.05) is 39.1 Å². The number of hydrogen-bond acceptors (Lipinski definition) is 4. The molecule has 0 bridgehead atoms. The highest BCUT2D eigenvalue weighted by Crippen LogP contribution is 2.33. The molecule has 1 heterocycles. The minimum absolute atomic E-state index is 0.149. The molecule has 1 aromatic carbocycles. The number of amides is 1. The Morgan fingerprint density at radius 3 is 2.58 bits per heavy atom. The Hall–Kier alpha value is -1.75. The summed E-state index contributed by atoms with van der Waals surface area (Å²) in [6.07, 6.45) is -0.918. The topological polar surface area (TPSA) is 59.6 Å². The molecule has 104 valence electrons. The van der Waals surface area contributed by atoms with Gasteiger partial charge in [0.1, 0.15) is 6.10 Å². The smallest absolute Gasteiger partial charge is 0.265 e. The van der Waals surface area contributed by atoms with Crippen LogP contribution in [-0.2, 0) is 4.79 Å². The van der Waals surface area contributed by atoms with Crippen molar-refractivity contribution < 1.29 is 14.3 Å². The fraction of sp³-hybridized carbons (Fsp3) is 0.500. The van der Waals surface area contributed by atoms with E-state index in [-0.39, 0.29) is 18.1 Å². The van der Waals surface area contributed by atoms with Crippen LogP contribution in [0.1, 0.15) is 13.8 Å². The third-order valence-electron chi connectivity index (χ3n) is 3.18. The minimum Gasteiger partial charge on any atom is -0.482 e. The largest absolute Gasteiger partial charge is 0.482 e. The van der Waals surface area contributed by atoms with Gasteiger partial charge in [-0.3, -0.25) is 4.79 Å². The molecule has 2 rings (SSSR count).